The zero-order valence-electron chi connectivity index (χ0n) is 23.5. The maximum Gasteiger partial charge on any atom is 0.490 e. The molecule has 3 aromatic rings. The molecule has 20 heteroatoms. The number of hydrogen-bond acceptors (Lipinski definition) is 11. The average molecular weight is 701 g/mol. The van der Waals surface area contributed by atoms with E-state index in [1.807, 2.05) is 0 Å². The minimum atomic E-state index is -5.08. The molecule has 45 heavy (non-hydrogen) atoms. The Bertz CT molecular complexity index is 1700. The Hall–Kier alpha value is -3.50. The molecule has 0 saturated carbocycles. The van der Waals surface area contributed by atoms with E-state index in [-0.39, 0.29) is 15.5 Å². The second-order valence-corrected chi connectivity index (χ2v) is 13.7. The van der Waals surface area contributed by atoms with E-state index in [1.54, 1.807) is 25.1 Å². The van der Waals surface area contributed by atoms with Crippen molar-refractivity contribution in [2.75, 3.05) is 32.6 Å². The maximum atomic E-state index is 13.8. The molecule has 0 saturated heterocycles. The number of rotatable bonds is 14. The van der Waals surface area contributed by atoms with Gasteiger partial charge in [0.15, 0.2) is 11.5 Å². The number of carbonyl (C=O) groups is 1. The van der Waals surface area contributed by atoms with Crippen molar-refractivity contribution in [3.8, 4) is 23.3 Å². The molecule has 3 rings (SSSR count). The molecule has 248 valence electrons. The number of aryl methyl sites for hydroxylation is 1. The first-order valence-electron chi connectivity index (χ1n) is 12.7. The molecule has 0 spiro atoms. The molecular formula is C25H29F4N4O9PS2. The van der Waals surface area contributed by atoms with Gasteiger partial charge >= 0.3 is 19.7 Å². The molecule has 7 N–H and O–H groups in total. The van der Waals surface area contributed by atoms with Crippen LogP contribution in [0, 0.1) is 24.1 Å². The van der Waals surface area contributed by atoms with Crippen molar-refractivity contribution < 1.29 is 59.3 Å². The van der Waals surface area contributed by atoms with Gasteiger partial charge in [-0.15, -0.1) is 11.3 Å². The highest BCUT2D eigenvalue weighted by molar-refractivity contribution is 7.92. The Kier molecular flexibility index (Phi) is 13.5. The third kappa shape index (κ3) is 11.1. The lowest BCUT2D eigenvalue weighted by molar-refractivity contribution is -0.192. The van der Waals surface area contributed by atoms with E-state index >= 15 is 0 Å². The number of carboxylic acids is 1. The number of fused-ring (bicyclic) bond motifs is 1. The van der Waals surface area contributed by atoms with Crippen LogP contribution < -0.4 is 30.2 Å². The van der Waals surface area contributed by atoms with Gasteiger partial charge in [-0.05, 0) is 56.6 Å². The quantitative estimate of drug-likeness (QED) is 0.0920. The van der Waals surface area contributed by atoms with Crippen LogP contribution in [0.5, 0.6) is 17.2 Å². The maximum absolute atomic E-state index is 13.8. The predicted molar refractivity (Wildman–Crippen MR) is 155 cm³/mol. The number of nitrogens with two attached hydrogens (primary N) is 2. The summed E-state index contributed by atoms with van der Waals surface area (Å²) in [5.74, 6) is -3.15. The highest BCUT2D eigenvalue weighted by Crippen LogP contribution is 2.44. The van der Waals surface area contributed by atoms with Gasteiger partial charge < -0.3 is 35.5 Å². The number of halogens is 4. The Labute approximate surface area is 258 Å². The fourth-order valence-electron chi connectivity index (χ4n) is 3.29. The summed E-state index contributed by atoms with van der Waals surface area (Å²) in [7, 11) is -8.81. The number of carboxylic acid groups (broad SMARTS) is 1. The molecule has 1 unspecified atom stereocenters. The molecule has 0 bridgehead atoms. The van der Waals surface area contributed by atoms with Crippen LogP contribution in [0.25, 0.3) is 10.1 Å². The second kappa shape index (κ2) is 16.2. The average Bonchev–Trinajstić information content (AvgIpc) is 3.28. The summed E-state index contributed by atoms with van der Waals surface area (Å²) >= 11 is 0.959. The number of sulfonamides is 1. The molecule has 0 radical (unpaired) electrons. The lowest BCUT2D eigenvalue weighted by Gasteiger charge is -2.14. The molecule has 1 atom stereocenters. The lowest BCUT2D eigenvalue weighted by atomic mass is 10.2. The fourth-order valence-corrected chi connectivity index (χ4v) is 7.61. The summed E-state index contributed by atoms with van der Waals surface area (Å²) in [5.41, 5.74) is 11.2. The summed E-state index contributed by atoms with van der Waals surface area (Å²) in [4.78, 5) is 19.1. The number of hydrogen-bond donors (Lipinski definition) is 5. The topological polar surface area (TPSA) is 224 Å². The van der Waals surface area contributed by atoms with Gasteiger partial charge in [0.25, 0.3) is 10.0 Å². The summed E-state index contributed by atoms with van der Waals surface area (Å²) in [6.07, 6.45) is -4.82. The minimum Gasteiger partial charge on any atom is -0.490 e. The van der Waals surface area contributed by atoms with E-state index in [4.69, 9.17) is 40.6 Å². The van der Waals surface area contributed by atoms with Crippen LogP contribution in [0.4, 0.5) is 17.6 Å². The normalized spacial score (nSPS) is 12.9. The van der Waals surface area contributed by atoms with Crippen LogP contribution in [-0.2, 0) is 19.4 Å². The van der Waals surface area contributed by atoms with E-state index in [1.165, 1.54) is 0 Å². The van der Waals surface area contributed by atoms with E-state index in [2.05, 4.69) is 4.72 Å². The number of nitrogens with one attached hydrogen (secondary N) is 1. The van der Waals surface area contributed by atoms with Gasteiger partial charge in [0.05, 0.1) is 18.8 Å². The van der Waals surface area contributed by atoms with E-state index in [0.29, 0.717) is 66.3 Å². The molecule has 0 aliphatic rings. The van der Waals surface area contributed by atoms with Gasteiger partial charge in [-0.1, -0.05) is 0 Å². The van der Waals surface area contributed by atoms with Crippen molar-refractivity contribution in [1.82, 2.24) is 4.72 Å². The number of ether oxygens (including phenoxy) is 2. The molecule has 1 aromatic heterocycles. The van der Waals surface area contributed by atoms with Gasteiger partial charge in [0, 0.05) is 22.2 Å². The van der Waals surface area contributed by atoms with Crippen molar-refractivity contribution in [1.29, 1.82) is 5.26 Å². The van der Waals surface area contributed by atoms with Gasteiger partial charge in [-0.2, -0.15) is 23.2 Å². The van der Waals surface area contributed by atoms with Crippen molar-refractivity contribution in [2.24, 2.45) is 11.5 Å². The van der Waals surface area contributed by atoms with Crippen molar-refractivity contribution >= 4 is 45.0 Å². The van der Waals surface area contributed by atoms with Crippen LogP contribution in [0.3, 0.4) is 0 Å². The van der Waals surface area contributed by atoms with Crippen LogP contribution in [0.15, 0.2) is 34.5 Å². The van der Waals surface area contributed by atoms with Gasteiger partial charge in [-0.3, -0.25) is 0 Å². The minimum absolute atomic E-state index is 0.0658. The molecule has 0 amide bonds. The van der Waals surface area contributed by atoms with Gasteiger partial charge in [0.2, 0.25) is 0 Å². The zero-order chi connectivity index (χ0) is 34.0. The van der Waals surface area contributed by atoms with E-state index < -0.39 is 41.9 Å². The number of benzene rings is 2. The number of alkyl halides is 3. The standard InChI is InChI=1S/C23H28FN4O7PS2.C2HF3O2/c1-15-18-11-20(33-8-2-6-25)21(34-9-3-7-26)12-22(18)37-23(15)38(31,32)28-14-36(29,30)35-17-5-4-16(13-27)19(24)10-17;3-2(4,5)1(6)7/h4-5,10-12,28H,2-3,6-9,14,25-26H2,1H3,(H,29,30);(H,6,7). The summed E-state index contributed by atoms with van der Waals surface area (Å²) in [6, 6.07) is 7.97. The molecule has 1 heterocycles. The smallest absolute Gasteiger partial charge is 0.490 e. The Morgan fingerprint density at radius 2 is 1.67 bits per heavy atom. The third-order valence-corrected chi connectivity index (χ3v) is 9.96. The first-order valence-corrected chi connectivity index (χ1v) is 16.8. The second-order valence-electron chi connectivity index (χ2n) is 8.88. The molecule has 13 nitrogen and oxygen atoms in total. The number of thiophene rings is 1. The summed E-state index contributed by atoms with van der Waals surface area (Å²) in [6.45, 7) is 3.19. The molecular weight excluding hydrogens is 671 g/mol. The SMILES string of the molecule is Cc1c(S(=O)(=O)NCP(=O)(O)Oc2ccc(C#N)c(F)c2)sc2cc(OCCCN)c(OCCCN)cc12.O=C(O)C(F)(F)F. The number of nitrogens with zero attached hydrogens (tertiary/aromatic N) is 1. The Morgan fingerprint density at radius 3 is 2.16 bits per heavy atom. The molecule has 0 aliphatic carbocycles. The molecule has 0 fully saturated rings. The number of aliphatic carboxylic acids is 1. The fraction of sp³-hybridized carbons (Fsp3) is 0.360. The zero-order valence-corrected chi connectivity index (χ0v) is 26.0. The monoisotopic (exact) mass is 700 g/mol. The Morgan fingerprint density at radius 1 is 1.11 bits per heavy atom. The van der Waals surface area contributed by atoms with Crippen LogP contribution in [-0.4, -0.2) is 63.2 Å². The largest absolute Gasteiger partial charge is 0.490 e. The van der Waals surface area contributed by atoms with E-state index in [0.717, 1.165) is 29.5 Å². The highest BCUT2D eigenvalue weighted by atomic mass is 32.2. The van der Waals surface area contributed by atoms with E-state index in [9.17, 15) is 35.4 Å². The first-order chi connectivity index (χ1) is 21.0. The first kappa shape index (κ1) is 37.7. The third-order valence-electron chi connectivity index (χ3n) is 5.42. The van der Waals surface area contributed by atoms with Crippen molar-refractivity contribution in [2.45, 2.75) is 30.2 Å². The van der Waals surface area contributed by atoms with Crippen LogP contribution in [0.1, 0.15) is 24.0 Å². The summed E-state index contributed by atoms with van der Waals surface area (Å²) < 4.78 is 103. The van der Waals surface area contributed by atoms with Crippen LogP contribution in [0.2, 0.25) is 0 Å². The van der Waals surface area contributed by atoms with Gasteiger partial charge in [-0.25, -0.2) is 22.2 Å². The van der Waals surface area contributed by atoms with Crippen LogP contribution >= 0.6 is 18.9 Å². The van der Waals surface area contributed by atoms with Gasteiger partial charge in [0.1, 0.15) is 28.1 Å². The summed E-state index contributed by atoms with van der Waals surface area (Å²) in [5, 5.41) is 16.5. The highest BCUT2D eigenvalue weighted by Gasteiger charge is 2.38. The van der Waals surface area contributed by atoms with Crippen molar-refractivity contribution in [3.05, 3.63) is 47.3 Å². The Balaban J connectivity index is 0.000000900. The number of nitriles is 1. The molecule has 0 aliphatic heterocycles. The lowest BCUT2D eigenvalue weighted by Crippen LogP contribution is -2.25. The van der Waals surface area contributed by atoms with Crippen molar-refractivity contribution in [3.63, 3.8) is 0 Å². The predicted octanol–water partition coefficient (Wildman–Crippen LogP) is 3.81. The molecule has 2 aromatic carbocycles.